The minimum absolute atomic E-state index is 0.0105. The molecule has 4 rings (SSSR count). The van der Waals surface area contributed by atoms with E-state index in [-0.39, 0.29) is 30.0 Å². The van der Waals surface area contributed by atoms with Crippen molar-refractivity contribution in [2.24, 2.45) is 5.90 Å². The van der Waals surface area contributed by atoms with Crippen molar-refractivity contribution in [3.63, 3.8) is 0 Å². The number of thiazole rings is 1. The van der Waals surface area contributed by atoms with Crippen molar-refractivity contribution in [2.45, 2.75) is 42.7 Å². The zero-order valence-electron chi connectivity index (χ0n) is 18.9. The van der Waals surface area contributed by atoms with Gasteiger partial charge in [0, 0.05) is 6.54 Å². The molecule has 2 heterocycles. The van der Waals surface area contributed by atoms with Crippen molar-refractivity contribution in [3.8, 4) is 5.75 Å². The Hall–Kier alpha value is -2.86. The topological polar surface area (TPSA) is 175 Å². The molecule has 202 valence electrons. The van der Waals surface area contributed by atoms with Crippen molar-refractivity contribution in [1.29, 1.82) is 0 Å². The number of nitrogens with one attached hydrogen (secondary N) is 1. The smallest absolute Gasteiger partial charge is 0.416 e. The van der Waals surface area contributed by atoms with Crippen LogP contribution in [0.15, 0.2) is 47.4 Å². The van der Waals surface area contributed by atoms with Gasteiger partial charge in [-0.15, -0.1) is 11.3 Å². The lowest BCUT2D eigenvalue weighted by Gasteiger charge is -2.36. The molecule has 1 saturated heterocycles. The van der Waals surface area contributed by atoms with E-state index in [9.17, 15) is 31.5 Å². The van der Waals surface area contributed by atoms with Crippen molar-refractivity contribution >= 4 is 37.5 Å². The van der Waals surface area contributed by atoms with E-state index < -0.39 is 39.8 Å². The summed E-state index contributed by atoms with van der Waals surface area (Å²) in [6.07, 6.45) is -5.19. The minimum Gasteiger partial charge on any atom is -0.486 e. The quantitative estimate of drug-likeness (QED) is 0.222. The number of rotatable bonds is 6. The van der Waals surface area contributed by atoms with Crippen LogP contribution in [0.25, 0.3) is 10.2 Å². The lowest BCUT2D eigenvalue weighted by atomic mass is 10.0. The first-order valence-corrected chi connectivity index (χ1v) is 12.9. The van der Waals surface area contributed by atoms with E-state index in [0.29, 0.717) is 21.9 Å². The Morgan fingerprint density at radius 2 is 1.89 bits per heavy atom. The monoisotopic (exact) mass is 564 g/mol. The summed E-state index contributed by atoms with van der Waals surface area (Å²) in [6, 6.07) is 7.16. The highest BCUT2D eigenvalue weighted by atomic mass is 32.2. The van der Waals surface area contributed by atoms with Crippen LogP contribution in [0.3, 0.4) is 0 Å². The number of hydrogen-bond acceptors (Lipinski definition) is 10. The molecule has 3 aromatic rings. The number of nitrogens with two attached hydrogens (primary N) is 1. The highest BCUT2D eigenvalue weighted by Crippen LogP contribution is 2.33. The van der Waals surface area contributed by atoms with Crippen molar-refractivity contribution in [1.82, 2.24) is 14.8 Å². The highest BCUT2D eigenvalue weighted by molar-refractivity contribution is 7.89. The number of alkyl halides is 3. The second kappa shape index (κ2) is 11.7. The number of aliphatic hydroxyl groups is 1. The van der Waals surface area contributed by atoms with Crippen LogP contribution in [-0.2, 0) is 27.6 Å². The molecule has 0 radical (unpaired) electrons. The van der Waals surface area contributed by atoms with Crippen LogP contribution in [0.1, 0.15) is 23.4 Å². The standard InChI is InChI=1S/C21H20F3N3O6S2.H3NO/c22-21(23,24)12-3-8-17-15(10-12)25-18(34-17)11-33-13-4-6-14(7-5-13)35(31,32)27-9-1-2-16(28)19(27)20(29)26-30;1-2/h3-8,10,16,19,28,30H,1-2,9,11H2,(H,26,29);2H,1H2/t16-,19+;/m0./s1. The number of benzene rings is 2. The van der Waals surface area contributed by atoms with Gasteiger partial charge in [-0.3, -0.25) is 10.0 Å². The Morgan fingerprint density at radius 3 is 2.51 bits per heavy atom. The number of aliphatic hydroxyl groups excluding tert-OH is 1. The molecule has 1 fully saturated rings. The molecule has 0 spiro atoms. The molecule has 37 heavy (non-hydrogen) atoms. The molecule has 11 nitrogen and oxygen atoms in total. The van der Waals surface area contributed by atoms with E-state index in [2.05, 4.69) is 10.9 Å². The molecule has 0 saturated carbocycles. The first-order chi connectivity index (χ1) is 17.5. The summed E-state index contributed by atoms with van der Waals surface area (Å²) < 4.78 is 71.8. The third-order valence-electron chi connectivity index (χ3n) is 5.48. The van der Waals surface area contributed by atoms with Crippen LogP contribution in [0.5, 0.6) is 5.75 Å². The number of fused-ring (bicyclic) bond motifs is 1. The number of sulfonamides is 1. The molecule has 1 aromatic heterocycles. The third kappa shape index (κ3) is 6.35. The summed E-state index contributed by atoms with van der Waals surface area (Å²) in [5.41, 5.74) is 0.806. The molecule has 0 aliphatic carbocycles. The summed E-state index contributed by atoms with van der Waals surface area (Å²) in [6.45, 7) is -0.0484. The van der Waals surface area contributed by atoms with Crippen LogP contribution in [0.4, 0.5) is 13.2 Å². The van der Waals surface area contributed by atoms with Gasteiger partial charge in [0.05, 0.1) is 26.8 Å². The number of nitrogens with zero attached hydrogens (tertiary/aromatic N) is 2. The van der Waals surface area contributed by atoms with Crippen LogP contribution in [0.2, 0.25) is 0 Å². The van der Waals surface area contributed by atoms with Crippen molar-refractivity contribution in [2.75, 3.05) is 6.54 Å². The molecular formula is C21H23F3N4O7S2. The average molecular weight is 565 g/mol. The van der Waals surface area contributed by atoms with Gasteiger partial charge >= 0.3 is 6.18 Å². The zero-order valence-corrected chi connectivity index (χ0v) is 20.6. The Kier molecular flexibility index (Phi) is 9.06. The highest BCUT2D eigenvalue weighted by Gasteiger charge is 2.42. The van der Waals surface area contributed by atoms with E-state index in [1.807, 2.05) is 0 Å². The van der Waals surface area contributed by atoms with Gasteiger partial charge in [0.15, 0.2) is 0 Å². The van der Waals surface area contributed by atoms with E-state index >= 15 is 0 Å². The summed E-state index contributed by atoms with van der Waals surface area (Å²) in [5.74, 6) is 2.77. The van der Waals surface area contributed by atoms with E-state index in [0.717, 1.165) is 16.4 Å². The molecular weight excluding hydrogens is 541 g/mol. The Balaban J connectivity index is 0.00000186. The van der Waals surface area contributed by atoms with Crippen molar-refractivity contribution in [3.05, 3.63) is 53.0 Å². The Morgan fingerprint density at radius 1 is 1.22 bits per heavy atom. The first kappa shape index (κ1) is 28.7. The van der Waals surface area contributed by atoms with E-state index in [4.69, 9.17) is 15.2 Å². The minimum atomic E-state index is -4.47. The second-order valence-electron chi connectivity index (χ2n) is 7.79. The van der Waals surface area contributed by atoms with Crippen LogP contribution in [0, 0.1) is 0 Å². The Labute approximate surface area is 212 Å². The molecule has 2 aromatic carbocycles. The summed E-state index contributed by atoms with van der Waals surface area (Å²) in [7, 11) is -4.17. The number of amides is 1. The van der Waals surface area contributed by atoms with Gasteiger partial charge in [-0.25, -0.2) is 24.8 Å². The number of carbonyl (C=O) groups excluding carboxylic acids is 1. The van der Waals surface area contributed by atoms with Gasteiger partial charge in [0.1, 0.15) is 23.4 Å². The predicted molar refractivity (Wildman–Crippen MR) is 124 cm³/mol. The molecule has 16 heteroatoms. The number of ether oxygens (including phenoxy) is 1. The van der Waals surface area contributed by atoms with Gasteiger partial charge in [-0.1, -0.05) is 0 Å². The second-order valence-corrected chi connectivity index (χ2v) is 10.8. The maximum absolute atomic E-state index is 13.1. The lowest BCUT2D eigenvalue weighted by Crippen LogP contribution is -2.57. The predicted octanol–water partition coefficient (Wildman–Crippen LogP) is 2.25. The van der Waals surface area contributed by atoms with Crippen LogP contribution in [-0.4, -0.2) is 57.8 Å². The fourth-order valence-corrected chi connectivity index (χ4v) is 6.30. The average Bonchev–Trinajstić information content (AvgIpc) is 3.30. The molecule has 1 aliphatic rings. The number of carbonyl (C=O) groups is 1. The van der Waals surface area contributed by atoms with Gasteiger partial charge in [0.25, 0.3) is 5.91 Å². The first-order valence-electron chi connectivity index (χ1n) is 10.6. The number of hydrogen-bond donors (Lipinski definition) is 5. The van der Waals surface area contributed by atoms with Crippen LogP contribution >= 0.6 is 11.3 Å². The maximum Gasteiger partial charge on any atom is 0.416 e. The zero-order chi connectivity index (χ0) is 27.4. The normalized spacial score (nSPS) is 18.7. The van der Waals surface area contributed by atoms with Gasteiger partial charge < -0.3 is 15.1 Å². The van der Waals surface area contributed by atoms with E-state index in [1.54, 1.807) is 0 Å². The van der Waals surface area contributed by atoms with E-state index in [1.165, 1.54) is 47.1 Å². The molecule has 6 N–H and O–H groups in total. The fourth-order valence-electron chi connectivity index (χ4n) is 3.79. The van der Waals surface area contributed by atoms with Gasteiger partial charge in [0.2, 0.25) is 10.0 Å². The molecule has 0 unspecified atom stereocenters. The SMILES string of the molecule is NO.O=C(NO)[C@H]1[C@@H](O)CCCN1S(=O)(=O)c1ccc(OCc2nc3cc(C(F)(F)F)ccc3s2)cc1. The third-order valence-corrected chi connectivity index (χ3v) is 8.39. The lowest BCUT2D eigenvalue weighted by molar-refractivity contribution is -0.138. The van der Waals surface area contributed by atoms with Crippen LogP contribution < -0.4 is 16.1 Å². The molecule has 0 bridgehead atoms. The summed E-state index contributed by atoms with van der Waals surface area (Å²) >= 11 is 1.18. The maximum atomic E-state index is 13.1. The molecule has 1 aliphatic heterocycles. The number of hydroxylamine groups is 1. The summed E-state index contributed by atoms with van der Waals surface area (Å²) in [5, 5.41) is 26.0. The van der Waals surface area contributed by atoms with Crippen molar-refractivity contribution < 1.29 is 46.6 Å². The Bertz CT molecular complexity index is 1330. The summed E-state index contributed by atoms with van der Waals surface area (Å²) in [4.78, 5) is 16.0. The molecule has 1 amide bonds. The fraction of sp³-hybridized carbons (Fsp3) is 0.333. The van der Waals surface area contributed by atoms with Gasteiger partial charge in [-0.2, -0.15) is 17.5 Å². The number of piperidine rings is 1. The molecule has 2 atom stereocenters. The van der Waals surface area contributed by atoms with Gasteiger partial charge in [-0.05, 0) is 55.3 Å². The number of halogens is 3. The largest absolute Gasteiger partial charge is 0.486 e. The number of aromatic nitrogens is 1.